The van der Waals surface area contributed by atoms with Gasteiger partial charge in [-0.15, -0.1) is 0 Å². The predicted octanol–water partition coefficient (Wildman–Crippen LogP) is 1.10. The van der Waals surface area contributed by atoms with E-state index in [-0.39, 0.29) is 30.6 Å². The summed E-state index contributed by atoms with van der Waals surface area (Å²) in [5, 5.41) is 0. The molecule has 0 spiro atoms. The van der Waals surface area contributed by atoms with Crippen molar-refractivity contribution < 1.29 is 18.3 Å². The monoisotopic (exact) mass is 219 g/mol. The van der Waals surface area contributed by atoms with Gasteiger partial charge in [-0.25, -0.2) is 13.8 Å². The summed E-state index contributed by atoms with van der Waals surface area (Å²) in [5.74, 6) is 0.372. The molecule has 1 rings (SSSR count). The first-order valence-corrected chi connectivity index (χ1v) is 4.21. The largest absolute Gasteiger partial charge is 0.487 e. The van der Waals surface area contributed by atoms with E-state index in [9.17, 15) is 8.78 Å². The number of anilines is 1. The summed E-state index contributed by atoms with van der Waals surface area (Å²) in [6, 6.07) is 0. The van der Waals surface area contributed by atoms with Crippen LogP contribution in [0.15, 0.2) is 6.20 Å². The Kier molecular flexibility index (Phi) is 4.02. The second kappa shape index (κ2) is 5.28. The van der Waals surface area contributed by atoms with Crippen LogP contribution in [0.5, 0.6) is 11.6 Å². The number of methoxy groups -OCH3 is 1. The van der Waals surface area contributed by atoms with Crippen molar-refractivity contribution in [2.24, 2.45) is 0 Å². The molecule has 1 aromatic heterocycles. The van der Waals surface area contributed by atoms with Gasteiger partial charge < -0.3 is 15.2 Å². The van der Waals surface area contributed by atoms with Crippen LogP contribution in [0.25, 0.3) is 0 Å². The van der Waals surface area contributed by atoms with Crippen molar-refractivity contribution in [1.82, 2.24) is 9.97 Å². The molecular formula is C8H11F2N3O2. The molecule has 0 aliphatic carbocycles. The van der Waals surface area contributed by atoms with E-state index < -0.39 is 6.43 Å². The van der Waals surface area contributed by atoms with Crippen LogP contribution in [0, 0.1) is 0 Å². The first-order valence-electron chi connectivity index (χ1n) is 4.21. The Labute approximate surface area is 85.2 Å². The molecular weight excluding hydrogens is 208 g/mol. The average Bonchev–Trinajstić information content (AvgIpc) is 2.19. The summed E-state index contributed by atoms with van der Waals surface area (Å²) in [6.45, 7) is -0.124. The van der Waals surface area contributed by atoms with Crippen LogP contribution in [0.4, 0.5) is 14.7 Å². The zero-order valence-electron chi connectivity index (χ0n) is 8.11. The van der Waals surface area contributed by atoms with Crippen LogP contribution in [0.1, 0.15) is 6.42 Å². The highest BCUT2D eigenvalue weighted by atomic mass is 19.3. The lowest BCUT2D eigenvalue weighted by molar-refractivity contribution is 0.113. The lowest BCUT2D eigenvalue weighted by Crippen LogP contribution is -2.06. The Hall–Kier alpha value is -1.66. The maximum Gasteiger partial charge on any atom is 0.261 e. The lowest BCUT2D eigenvalue weighted by Gasteiger charge is -2.08. The van der Waals surface area contributed by atoms with E-state index in [4.69, 9.17) is 15.2 Å². The summed E-state index contributed by atoms with van der Waals surface area (Å²) >= 11 is 0. The average molecular weight is 219 g/mol. The van der Waals surface area contributed by atoms with Crippen LogP contribution in [-0.2, 0) is 0 Å². The summed E-state index contributed by atoms with van der Waals surface area (Å²) < 4.78 is 33.5. The minimum Gasteiger partial charge on any atom is -0.487 e. The number of hydrogen-bond donors (Lipinski definition) is 1. The van der Waals surface area contributed by atoms with E-state index in [2.05, 4.69) is 9.97 Å². The number of nitrogen functional groups attached to an aromatic ring is 1. The second-order valence-corrected chi connectivity index (χ2v) is 2.63. The van der Waals surface area contributed by atoms with Gasteiger partial charge in [0.15, 0.2) is 5.75 Å². The molecule has 0 unspecified atom stereocenters. The maximum absolute atomic E-state index is 11.8. The lowest BCUT2D eigenvalue weighted by atomic mass is 10.5. The summed E-state index contributed by atoms with van der Waals surface area (Å²) in [4.78, 5) is 7.38. The van der Waals surface area contributed by atoms with Crippen molar-refractivity contribution in [3.05, 3.63) is 6.20 Å². The number of nitrogens with zero attached hydrogens (tertiary/aromatic N) is 2. The fourth-order valence-corrected chi connectivity index (χ4v) is 0.871. The third-order valence-corrected chi connectivity index (χ3v) is 1.53. The topological polar surface area (TPSA) is 70.3 Å². The Morgan fingerprint density at radius 3 is 2.87 bits per heavy atom. The van der Waals surface area contributed by atoms with E-state index in [0.717, 1.165) is 0 Å². The number of nitrogens with two attached hydrogens (primary N) is 1. The van der Waals surface area contributed by atoms with Crippen LogP contribution in [0.3, 0.4) is 0 Å². The van der Waals surface area contributed by atoms with Gasteiger partial charge in [0.05, 0.1) is 19.9 Å². The molecule has 0 saturated carbocycles. The molecule has 0 aliphatic rings. The maximum atomic E-state index is 11.8. The summed E-state index contributed by atoms with van der Waals surface area (Å²) in [7, 11) is 1.38. The van der Waals surface area contributed by atoms with E-state index in [1.54, 1.807) is 0 Å². The number of hydrogen-bond acceptors (Lipinski definition) is 5. The number of rotatable bonds is 5. The summed E-state index contributed by atoms with van der Waals surface area (Å²) in [6.07, 6.45) is -1.47. The Morgan fingerprint density at radius 2 is 2.27 bits per heavy atom. The molecule has 0 fully saturated rings. The Balaban J connectivity index is 2.60. The minimum absolute atomic E-state index is 0.0352. The van der Waals surface area contributed by atoms with Gasteiger partial charge in [0.25, 0.3) is 5.88 Å². The summed E-state index contributed by atoms with van der Waals surface area (Å²) in [5.41, 5.74) is 5.30. The zero-order valence-corrected chi connectivity index (χ0v) is 8.11. The van der Waals surface area contributed by atoms with Gasteiger partial charge in [0.1, 0.15) is 0 Å². The smallest absolute Gasteiger partial charge is 0.261 e. The van der Waals surface area contributed by atoms with Gasteiger partial charge in [-0.3, -0.25) is 0 Å². The van der Waals surface area contributed by atoms with E-state index in [1.165, 1.54) is 13.3 Å². The number of halogens is 2. The normalized spacial score (nSPS) is 10.4. The van der Waals surface area contributed by atoms with Gasteiger partial charge in [0, 0.05) is 6.42 Å². The van der Waals surface area contributed by atoms with Gasteiger partial charge in [-0.05, 0) is 0 Å². The van der Waals surface area contributed by atoms with Gasteiger partial charge in [-0.2, -0.15) is 4.98 Å². The highest BCUT2D eigenvalue weighted by Gasteiger charge is 2.09. The van der Waals surface area contributed by atoms with E-state index >= 15 is 0 Å². The van der Waals surface area contributed by atoms with Crippen molar-refractivity contribution >= 4 is 5.95 Å². The highest BCUT2D eigenvalue weighted by molar-refractivity contribution is 5.35. The molecule has 2 N–H and O–H groups in total. The number of alkyl halides is 2. The molecule has 84 valence electrons. The highest BCUT2D eigenvalue weighted by Crippen LogP contribution is 2.23. The molecule has 5 nitrogen and oxygen atoms in total. The molecule has 0 radical (unpaired) electrons. The predicted molar refractivity (Wildman–Crippen MR) is 49.1 cm³/mol. The van der Waals surface area contributed by atoms with Gasteiger partial charge in [-0.1, -0.05) is 0 Å². The third-order valence-electron chi connectivity index (χ3n) is 1.53. The third kappa shape index (κ3) is 3.53. The molecule has 0 aliphatic heterocycles. The van der Waals surface area contributed by atoms with Crippen molar-refractivity contribution in [2.75, 3.05) is 19.5 Å². The molecule has 0 atom stereocenters. The van der Waals surface area contributed by atoms with Crippen LogP contribution in [0.2, 0.25) is 0 Å². The van der Waals surface area contributed by atoms with Crippen LogP contribution in [-0.4, -0.2) is 30.1 Å². The molecule has 1 aromatic rings. The molecule has 0 amide bonds. The second-order valence-electron chi connectivity index (χ2n) is 2.63. The minimum atomic E-state index is -2.40. The molecule has 0 aromatic carbocycles. The Morgan fingerprint density at radius 1 is 1.53 bits per heavy atom. The van der Waals surface area contributed by atoms with Crippen molar-refractivity contribution in [3.63, 3.8) is 0 Å². The van der Waals surface area contributed by atoms with E-state index in [1.807, 2.05) is 0 Å². The zero-order chi connectivity index (χ0) is 11.3. The first-order chi connectivity index (χ1) is 7.13. The van der Waals surface area contributed by atoms with Crippen molar-refractivity contribution in [1.29, 1.82) is 0 Å². The Bertz CT molecular complexity index is 323. The van der Waals surface area contributed by atoms with Crippen molar-refractivity contribution in [2.45, 2.75) is 12.8 Å². The van der Waals surface area contributed by atoms with E-state index in [0.29, 0.717) is 0 Å². The van der Waals surface area contributed by atoms with Crippen LogP contribution < -0.4 is 15.2 Å². The van der Waals surface area contributed by atoms with Gasteiger partial charge in [0.2, 0.25) is 12.4 Å². The molecule has 0 bridgehead atoms. The van der Waals surface area contributed by atoms with Crippen LogP contribution >= 0.6 is 0 Å². The fraction of sp³-hybridized carbons (Fsp3) is 0.500. The van der Waals surface area contributed by atoms with Gasteiger partial charge >= 0.3 is 0 Å². The molecule has 0 saturated heterocycles. The SMILES string of the molecule is COc1nc(N)ncc1OCCC(F)F. The molecule has 15 heavy (non-hydrogen) atoms. The quantitative estimate of drug-likeness (QED) is 0.803. The van der Waals surface area contributed by atoms with Crippen molar-refractivity contribution in [3.8, 4) is 11.6 Å². The number of ether oxygens (including phenoxy) is 2. The molecule has 7 heteroatoms. The number of aromatic nitrogens is 2. The fourth-order valence-electron chi connectivity index (χ4n) is 0.871. The molecule has 1 heterocycles. The first kappa shape index (κ1) is 11.4. The standard InChI is InChI=1S/C8H11F2N3O2/c1-14-7-5(4-12-8(11)13-7)15-3-2-6(9)10/h4,6H,2-3H2,1H3,(H2,11,12,13).